The number of rotatable bonds is 10. The number of benzene rings is 2. The van der Waals surface area contributed by atoms with Crippen LogP contribution in [0.25, 0.3) is 11.4 Å². The van der Waals surface area contributed by atoms with Gasteiger partial charge in [-0.2, -0.15) is 0 Å². The normalized spacial score (nSPS) is 17.6. The average Bonchev–Trinajstić information content (AvgIpc) is 3.22. The van der Waals surface area contributed by atoms with Gasteiger partial charge in [0.1, 0.15) is 23.4 Å². The lowest BCUT2D eigenvalue weighted by molar-refractivity contribution is -0.160. The highest BCUT2D eigenvalue weighted by molar-refractivity contribution is 5.94. The van der Waals surface area contributed by atoms with Gasteiger partial charge in [0.25, 0.3) is 5.91 Å². The van der Waals surface area contributed by atoms with Gasteiger partial charge in [-0.25, -0.2) is 9.37 Å². The summed E-state index contributed by atoms with van der Waals surface area (Å²) < 4.78 is 21.0. The average molecular weight is 494 g/mol. The highest BCUT2D eigenvalue weighted by Crippen LogP contribution is 2.27. The van der Waals surface area contributed by atoms with Crippen LogP contribution in [-0.2, 0) is 28.9 Å². The number of aliphatic hydroxyl groups excluding tert-OH is 1. The van der Waals surface area contributed by atoms with Crippen LogP contribution >= 0.6 is 0 Å². The maximum atomic E-state index is 13.6. The Morgan fingerprint density at radius 2 is 1.92 bits per heavy atom. The van der Waals surface area contributed by atoms with Gasteiger partial charge in [0, 0.05) is 31.5 Å². The zero-order valence-corrected chi connectivity index (χ0v) is 20.5. The predicted molar refractivity (Wildman–Crippen MR) is 134 cm³/mol. The number of nitrogens with one attached hydrogen (secondary N) is 1. The Bertz CT molecular complexity index is 1180. The van der Waals surface area contributed by atoms with E-state index in [1.165, 1.54) is 12.1 Å². The van der Waals surface area contributed by atoms with Gasteiger partial charge in [0.05, 0.1) is 18.2 Å². The molecule has 0 bridgehead atoms. The number of carbonyl (C=O) groups is 2. The van der Waals surface area contributed by atoms with E-state index in [0.29, 0.717) is 55.9 Å². The first kappa shape index (κ1) is 25.6. The van der Waals surface area contributed by atoms with Crippen LogP contribution in [0.15, 0.2) is 54.6 Å². The molecule has 8 heteroatoms. The number of amides is 1. The molecule has 3 aromatic rings. The van der Waals surface area contributed by atoms with E-state index < -0.39 is 18.2 Å². The Labute approximate surface area is 210 Å². The number of imidazole rings is 1. The van der Waals surface area contributed by atoms with Crippen LogP contribution in [0.2, 0.25) is 0 Å². The SMILES string of the molecule is CCCc1c(C(=O)NCCc2ccccc2)nc(-c2ccc(F)cc2)n1CC[C@@H]1C[C@@H](O)CC(=O)O1. The molecule has 2 N–H and O–H groups in total. The van der Waals surface area contributed by atoms with Crippen molar-refractivity contribution in [3.63, 3.8) is 0 Å². The summed E-state index contributed by atoms with van der Waals surface area (Å²) in [5, 5.41) is 13.0. The molecule has 2 aromatic carbocycles. The van der Waals surface area contributed by atoms with Crippen molar-refractivity contribution in [1.82, 2.24) is 14.9 Å². The lowest BCUT2D eigenvalue weighted by Crippen LogP contribution is -2.33. The molecule has 0 radical (unpaired) electrons. The first-order valence-electron chi connectivity index (χ1n) is 12.5. The maximum Gasteiger partial charge on any atom is 0.308 e. The van der Waals surface area contributed by atoms with Crippen molar-refractivity contribution in [1.29, 1.82) is 0 Å². The molecular formula is C28H32FN3O4. The minimum absolute atomic E-state index is 0.0107. The molecule has 2 heterocycles. The Hall–Kier alpha value is -3.52. The summed E-state index contributed by atoms with van der Waals surface area (Å²) in [5.74, 6) is -0.451. The van der Waals surface area contributed by atoms with Crippen molar-refractivity contribution in [2.75, 3.05) is 6.54 Å². The van der Waals surface area contributed by atoms with Crippen LogP contribution < -0.4 is 5.32 Å². The van der Waals surface area contributed by atoms with Crippen molar-refractivity contribution in [3.8, 4) is 11.4 Å². The molecule has 0 spiro atoms. The lowest BCUT2D eigenvalue weighted by atomic mass is 10.0. The van der Waals surface area contributed by atoms with Crippen LogP contribution in [0.1, 0.15) is 54.4 Å². The van der Waals surface area contributed by atoms with Crippen LogP contribution in [-0.4, -0.2) is 45.3 Å². The molecule has 2 atom stereocenters. The predicted octanol–water partition coefficient (Wildman–Crippen LogP) is 4.07. The third kappa shape index (κ3) is 6.37. The molecule has 1 aliphatic heterocycles. The van der Waals surface area contributed by atoms with Crippen LogP contribution in [0.3, 0.4) is 0 Å². The Morgan fingerprint density at radius 3 is 2.61 bits per heavy atom. The molecule has 1 amide bonds. The fourth-order valence-electron chi connectivity index (χ4n) is 4.58. The Morgan fingerprint density at radius 1 is 1.17 bits per heavy atom. The number of aromatic nitrogens is 2. The van der Waals surface area contributed by atoms with Gasteiger partial charge in [-0.1, -0.05) is 43.7 Å². The first-order valence-corrected chi connectivity index (χ1v) is 12.5. The summed E-state index contributed by atoms with van der Waals surface area (Å²) in [6.07, 6.45) is 1.87. The number of aliphatic hydroxyl groups is 1. The van der Waals surface area contributed by atoms with E-state index in [-0.39, 0.29) is 18.1 Å². The highest BCUT2D eigenvalue weighted by atomic mass is 19.1. The third-order valence-corrected chi connectivity index (χ3v) is 6.33. The molecule has 1 saturated heterocycles. The standard InChI is InChI=1S/C28H32FN3O4/c1-2-6-24-26(28(35)30-15-13-19-7-4-3-5-8-19)31-27(20-9-11-21(29)12-10-20)32(24)16-14-23-17-22(33)18-25(34)36-23/h3-5,7-12,22-23,33H,2,6,13-18H2,1H3,(H,30,35)/t22-,23-/m1/s1. The number of ether oxygens (including phenoxy) is 1. The van der Waals surface area contributed by atoms with Crippen LogP contribution in [0.4, 0.5) is 4.39 Å². The molecule has 0 aliphatic carbocycles. The molecule has 1 fully saturated rings. The van der Waals surface area contributed by atoms with E-state index in [4.69, 9.17) is 9.72 Å². The quantitative estimate of drug-likeness (QED) is 0.416. The van der Waals surface area contributed by atoms with Crippen molar-refractivity contribution < 1.29 is 23.8 Å². The molecular weight excluding hydrogens is 461 g/mol. The second kappa shape index (κ2) is 11.9. The lowest BCUT2D eigenvalue weighted by Gasteiger charge is -2.26. The van der Waals surface area contributed by atoms with Gasteiger partial charge >= 0.3 is 5.97 Å². The topological polar surface area (TPSA) is 93.5 Å². The minimum Gasteiger partial charge on any atom is -0.462 e. The zero-order chi connectivity index (χ0) is 25.5. The summed E-state index contributed by atoms with van der Waals surface area (Å²) in [4.78, 5) is 29.7. The van der Waals surface area contributed by atoms with E-state index in [1.807, 2.05) is 41.8 Å². The van der Waals surface area contributed by atoms with E-state index in [1.54, 1.807) is 12.1 Å². The molecule has 4 rings (SSSR count). The van der Waals surface area contributed by atoms with E-state index in [9.17, 15) is 19.1 Å². The first-order chi connectivity index (χ1) is 17.4. The van der Waals surface area contributed by atoms with E-state index in [2.05, 4.69) is 5.32 Å². The smallest absolute Gasteiger partial charge is 0.308 e. The minimum atomic E-state index is -0.711. The van der Waals surface area contributed by atoms with E-state index >= 15 is 0 Å². The van der Waals surface area contributed by atoms with Crippen LogP contribution in [0.5, 0.6) is 0 Å². The van der Waals surface area contributed by atoms with Crippen molar-refractivity contribution in [2.24, 2.45) is 0 Å². The zero-order valence-electron chi connectivity index (χ0n) is 20.5. The van der Waals surface area contributed by atoms with Crippen LogP contribution in [0, 0.1) is 5.82 Å². The fourth-order valence-corrected chi connectivity index (χ4v) is 4.58. The van der Waals surface area contributed by atoms with Gasteiger partial charge in [-0.05, 0) is 42.7 Å². The number of esters is 1. The number of carbonyl (C=O) groups excluding carboxylic acids is 2. The van der Waals surface area contributed by atoms with Crippen molar-refractivity contribution >= 4 is 11.9 Å². The molecule has 36 heavy (non-hydrogen) atoms. The third-order valence-electron chi connectivity index (χ3n) is 6.33. The Kier molecular flexibility index (Phi) is 8.48. The van der Waals surface area contributed by atoms with Gasteiger partial charge in [0.15, 0.2) is 0 Å². The Balaban J connectivity index is 1.59. The van der Waals surface area contributed by atoms with E-state index in [0.717, 1.165) is 17.7 Å². The fraction of sp³-hybridized carbons (Fsp3) is 0.393. The number of cyclic esters (lactones) is 1. The monoisotopic (exact) mass is 493 g/mol. The second-order valence-electron chi connectivity index (χ2n) is 9.12. The molecule has 0 saturated carbocycles. The summed E-state index contributed by atoms with van der Waals surface area (Å²) in [5.41, 5.74) is 2.97. The highest BCUT2D eigenvalue weighted by Gasteiger charge is 2.28. The number of hydrogen-bond acceptors (Lipinski definition) is 5. The summed E-state index contributed by atoms with van der Waals surface area (Å²) in [7, 11) is 0. The summed E-state index contributed by atoms with van der Waals surface area (Å²) in [6, 6.07) is 16.0. The number of hydrogen-bond donors (Lipinski definition) is 2. The maximum absolute atomic E-state index is 13.6. The van der Waals surface area contributed by atoms with Gasteiger partial charge in [-0.15, -0.1) is 0 Å². The largest absolute Gasteiger partial charge is 0.462 e. The number of halogens is 1. The van der Waals surface area contributed by atoms with Gasteiger partial charge in [0.2, 0.25) is 0 Å². The molecule has 190 valence electrons. The number of nitrogens with zero attached hydrogens (tertiary/aromatic N) is 2. The summed E-state index contributed by atoms with van der Waals surface area (Å²) in [6.45, 7) is 2.95. The summed E-state index contributed by atoms with van der Waals surface area (Å²) >= 11 is 0. The molecule has 1 aliphatic rings. The van der Waals surface area contributed by atoms with Crippen molar-refractivity contribution in [3.05, 3.63) is 77.4 Å². The molecule has 7 nitrogen and oxygen atoms in total. The molecule has 0 unspecified atom stereocenters. The van der Waals surface area contributed by atoms with Gasteiger partial charge < -0.3 is 19.7 Å². The molecule has 1 aromatic heterocycles. The van der Waals surface area contributed by atoms with Gasteiger partial charge in [-0.3, -0.25) is 9.59 Å². The second-order valence-corrected chi connectivity index (χ2v) is 9.12. The van der Waals surface area contributed by atoms with Crippen molar-refractivity contribution in [2.45, 2.75) is 64.2 Å².